The van der Waals surface area contributed by atoms with Crippen LogP contribution in [0.4, 0.5) is 17.6 Å². The van der Waals surface area contributed by atoms with Gasteiger partial charge in [0.25, 0.3) is 0 Å². The van der Waals surface area contributed by atoms with Gasteiger partial charge < -0.3 is 24.6 Å². The number of rotatable bonds is 6. The molecule has 2 heterocycles. The highest BCUT2D eigenvalue weighted by Gasteiger charge is 2.22. The predicted molar refractivity (Wildman–Crippen MR) is 102 cm³/mol. The molecule has 26 heavy (non-hydrogen) atoms. The lowest BCUT2D eigenvalue weighted by Crippen LogP contribution is -2.42. The number of methoxy groups -OCH3 is 2. The van der Waals surface area contributed by atoms with Crippen LogP contribution in [0.1, 0.15) is 12.8 Å². The molecule has 140 valence electrons. The predicted octanol–water partition coefficient (Wildman–Crippen LogP) is 2.16. The number of nitrogens with zero attached hydrogens (tertiary/aromatic N) is 5. The number of nitrogens with one attached hydrogen (secondary N) is 1. The molecule has 1 fully saturated rings. The Balaban J connectivity index is 1.73. The summed E-state index contributed by atoms with van der Waals surface area (Å²) in [5.74, 6) is 2.51. The van der Waals surface area contributed by atoms with Gasteiger partial charge in [0, 0.05) is 24.8 Å². The SMILES string of the molecule is COc1ccc(Nc2ncnc(N(C)C3CCN(C)CC3)n2)cc1OC. The van der Waals surface area contributed by atoms with E-state index in [1.54, 1.807) is 14.2 Å². The van der Waals surface area contributed by atoms with E-state index in [1.807, 2.05) is 25.2 Å². The molecule has 0 atom stereocenters. The molecule has 1 aromatic heterocycles. The highest BCUT2D eigenvalue weighted by atomic mass is 16.5. The van der Waals surface area contributed by atoms with Gasteiger partial charge in [0.05, 0.1) is 14.2 Å². The van der Waals surface area contributed by atoms with E-state index < -0.39 is 0 Å². The number of piperidine rings is 1. The molecule has 1 aliphatic heterocycles. The van der Waals surface area contributed by atoms with Crippen molar-refractivity contribution in [1.29, 1.82) is 0 Å². The third kappa shape index (κ3) is 4.13. The quantitative estimate of drug-likeness (QED) is 0.842. The average Bonchev–Trinajstić information content (AvgIpc) is 2.68. The van der Waals surface area contributed by atoms with Crippen LogP contribution in [-0.2, 0) is 0 Å². The first kappa shape index (κ1) is 18.2. The Morgan fingerprint density at radius 2 is 1.85 bits per heavy atom. The van der Waals surface area contributed by atoms with Gasteiger partial charge in [0.1, 0.15) is 6.33 Å². The molecule has 8 heteroatoms. The molecule has 0 spiro atoms. The molecule has 0 aliphatic carbocycles. The van der Waals surface area contributed by atoms with Gasteiger partial charge in [-0.3, -0.25) is 0 Å². The standard InChI is InChI=1S/C18H26N6O2/c1-23-9-7-14(8-10-23)24(2)18-20-12-19-17(22-18)21-13-5-6-15(25-3)16(11-13)26-4/h5-6,11-12,14H,7-10H2,1-4H3,(H,19,20,21,22). The first-order chi connectivity index (χ1) is 12.6. The molecular weight excluding hydrogens is 332 g/mol. The van der Waals surface area contributed by atoms with Crippen molar-refractivity contribution in [3.8, 4) is 11.5 Å². The van der Waals surface area contributed by atoms with E-state index in [-0.39, 0.29) is 0 Å². The summed E-state index contributed by atoms with van der Waals surface area (Å²) in [6, 6.07) is 6.03. The molecule has 0 saturated carbocycles. The topological polar surface area (TPSA) is 75.6 Å². The summed E-state index contributed by atoms with van der Waals surface area (Å²) < 4.78 is 10.6. The first-order valence-corrected chi connectivity index (χ1v) is 8.70. The minimum atomic E-state index is 0.447. The summed E-state index contributed by atoms with van der Waals surface area (Å²) in [5, 5.41) is 3.20. The van der Waals surface area contributed by atoms with Crippen LogP contribution in [0.5, 0.6) is 11.5 Å². The Labute approximate surface area is 154 Å². The maximum Gasteiger partial charge on any atom is 0.232 e. The van der Waals surface area contributed by atoms with Crippen LogP contribution < -0.4 is 19.7 Å². The molecule has 3 rings (SSSR count). The van der Waals surface area contributed by atoms with Gasteiger partial charge in [-0.1, -0.05) is 0 Å². The van der Waals surface area contributed by atoms with Crippen LogP contribution in [0.3, 0.4) is 0 Å². The van der Waals surface area contributed by atoms with Crippen molar-refractivity contribution in [2.75, 3.05) is 51.6 Å². The van der Waals surface area contributed by atoms with Crippen molar-refractivity contribution < 1.29 is 9.47 Å². The van der Waals surface area contributed by atoms with Gasteiger partial charge in [0.2, 0.25) is 11.9 Å². The van der Waals surface area contributed by atoms with Crippen LogP contribution in [0, 0.1) is 0 Å². The van der Waals surface area contributed by atoms with Gasteiger partial charge in [-0.2, -0.15) is 4.98 Å². The Hall–Kier alpha value is -2.61. The molecule has 2 aromatic rings. The van der Waals surface area contributed by atoms with Crippen molar-refractivity contribution in [3.05, 3.63) is 24.5 Å². The lowest BCUT2D eigenvalue weighted by molar-refractivity contribution is 0.252. The van der Waals surface area contributed by atoms with E-state index in [4.69, 9.17) is 9.47 Å². The lowest BCUT2D eigenvalue weighted by atomic mass is 10.0. The zero-order chi connectivity index (χ0) is 18.5. The van der Waals surface area contributed by atoms with Gasteiger partial charge in [-0.15, -0.1) is 0 Å². The van der Waals surface area contributed by atoms with Crippen molar-refractivity contribution >= 4 is 17.6 Å². The second kappa shape index (κ2) is 8.18. The maximum atomic E-state index is 5.33. The number of hydrogen-bond acceptors (Lipinski definition) is 8. The monoisotopic (exact) mass is 358 g/mol. The Kier molecular flexibility index (Phi) is 5.72. The summed E-state index contributed by atoms with van der Waals surface area (Å²) in [6.07, 6.45) is 3.76. The largest absolute Gasteiger partial charge is 0.493 e. The summed E-state index contributed by atoms with van der Waals surface area (Å²) in [4.78, 5) is 17.6. The molecule has 1 saturated heterocycles. The summed E-state index contributed by atoms with van der Waals surface area (Å²) in [5.41, 5.74) is 0.821. The number of anilines is 3. The van der Waals surface area contributed by atoms with E-state index in [9.17, 15) is 0 Å². The second-order valence-electron chi connectivity index (χ2n) is 6.45. The van der Waals surface area contributed by atoms with Crippen LogP contribution in [-0.4, -0.2) is 67.3 Å². The van der Waals surface area contributed by atoms with E-state index in [1.165, 1.54) is 6.33 Å². The van der Waals surface area contributed by atoms with Gasteiger partial charge in [0.15, 0.2) is 11.5 Å². The fourth-order valence-corrected chi connectivity index (χ4v) is 3.11. The molecule has 0 unspecified atom stereocenters. The molecule has 0 amide bonds. The highest BCUT2D eigenvalue weighted by molar-refractivity contribution is 5.60. The molecule has 1 aromatic carbocycles. The average molecular weight is 358 g/mol. The van der Waals surface area contributed by atoms with Crippen LogP contribution >= 0.6 is 0 Å². The Morgan fingerprint density at radius 3 is 2.54 bits per heavy atom. The van der Waals surface area contributed by atoms with Crippen molar-refractivity contribution in [3.63, 3.8) is 0 Å². The van der Waals surface area contributed by atoms with Gasteiger partial charge >= 0.3 is 0 Å². The highest BCUT2D eigenvalue weighted by Crippen LogP contribution is 2.30. The molecule has 0 bridgehead atoms. The molecule has 0 radical (unpaired) electrons. The second-order valence-corrected chi connectivity index (χ2v) is 6.45. The lowest BCUT2D eigenvalue weighted by Gasteiger charge is -2.35. The van der Waals surface area contributed by atoms with Gasteiger partial charge in [-0.05, 0) is 45.1 Å². The number of ether oxygens (including phenoxy) is 2. The Bertz CT molecular complexity index is 733. The zero-order valence-corrected chi connectivity index (χ0v) is 15.8. The smallest absolute Gasteiger partial charge is 0.232 e. The normalized spacial score (nSPS) is 15.5. The molecule has 1 aliphatic rings. The fraction of sp³-hybridized carbons (Fsp3) is 0.500. The maximum absolute atomic E-state index is 5.33. The third-order valence-electron chi connectivity index (χ3n) is 4.75. The van der Waals surface area contributed by atoms with E-state index >= 15 is 0 Å². The molecule has 8 nitrogen and oxygen atoms in total. The van der Waals surface area contributed by atoms with Crippen molar-refractivity contribution in [1.82, 2.24) is 19.9 Å². The van der Waals surface area contributed by atoms with E-state index in [2.05, 4.69) is 37.1 Å². The molecular formula is C18H26N6O2. The number of likely N-dealkylation sites (tertiary alicyclic amines) is 1. The summed E-state index contributed by atoms with van der Waals surface area (Å²) >= 11 is 0. The summed E-state index contributed by atoms with van der Waals surface area (Å²) in [7, 11) is 7.43. The van der Waals surface area contributed by atoms with Crippen LogP contribution in [0.25, 0.3) is 0 Å². The minimum Gasteiger partial charge on any atom is -0.493 e. The van der Waals surface area contributed by atoms with Crippen LogP contribution in [0.15, 0.2) is 24.5 Å². The number of aromatic nitrogens is 3. The van der Waals surface area contributed by atoms with Crippen LogP contribution in [0.2, 0.25) is 0 Å². The zero-order valence-electron chi connectivity index (χ0n) is 15.8. The minimum absolute atomic E-state index is 0.447. The van der Waals surface area contributed by atoms with Crippen molar-refractivity contribution in [2.24, 2.45) is 0 Å². The summed E-state index contributed by atoms with van der Waals surface area (Å²) in [6.45, 7) is 2.19. The fourth-order valence-electron chi connectivity index (χ4n) is 3.11. The number of hydrogen-bond donors (Lipinski definition) is 1. The molecule has 1 N–H and O–H groups in total. The number of benzene rings is 1. The van der Waals surface area contributed by atoms with E-state index in [0.29, 0.717) is 29.4 Å². The Morgan fingerprint density at radius 1 is 1.12 bits per heavy atom. The third-order valence-corrected chi connectivity index (χ3v) is 4.75. The van der Waals surface area contributed by atoms with Gasteiger partial charge in [-0.25, -0.2) is 9.97 Å². The van der Waals surface area contributed by atoms with Crippen molar-refractivity contribution in [2.45, 2.75) is 18.9 Å². The first-order valence-electron chi connectivity index (χ1n) is 8.70. The van der Waals surface area contributed by atoms with E-state index in [0.717, 1.165) is 31.6 Å².